The van der Waals surface area contributed by atoms with Crippen molar-refractivity contribution in [2.75, 3.05) is 0 Å². The summed E-state index contributed by atoms with van der Waals surface area (Å²) >= 11 is 0. The zero-order chi connectivity index (χ0) is 9.84. The Kier molecular flexibility index (Phi) is 1.74. The van der Waals surface area contributed by atoms with Crippen LogP contribution in [0.5, 0.6) is 0 Å². The van der Waals surface area contributed by atoms with Crippen LogP contribution in [0.4, 0.5) is 0 Å². The van der Waals surface area contributed by atoms with Gasteiger partial charge in [-0.1, -0.05) is 6.07 Å². The van der Waals surface area contributed by atoms with E-state index in [0.717, 1.165) is 0 Å². The summed E-state index contributed by atoms with van der Waals surface area (Å²) < 4.78 is 6.61. The highest BCUT2D eigenvalue weighted by Gasteiger charge is 2.03. The summed E-state index contributed by atoms with van der Waals surface area (Å²) in [5.74, 6) is -1.16. The van der Waals surface area contributed by atoms with E-state index in [-0.39, 0.29) is 11.1 Å². The van der Waals surface area contributed by atoms with Crippen molar-refractivity contribution in [1.82, 2.24) is 0 Å². The van der Waals surface area contributed by atoms with Gasteiger partial charge in [-0.2, -0.15) is 0 Å². The molecule has 2 amide bonds. The minimum absolute atomic E-state index is 0.242. The Bertz CT molecular complexity index is 352. The third kappa shape index (κ3) is 1.60. The van der Waals surface area contributed by atoms with Crippen LogP contribution in [0, 0.1) is 0 Å². The summed E-state index contributed by atoms with van der Waals surface area (Å²) in [5, 5.41) is 0. The molecule has 0 aliphatic carbocycles. The maximum atomic E-state index is 10.9. The van der Waals surface area contributed by atoms with Crippen molar-refractivity contribution < 1.29 is 11.0 Å². The van der Waals surface area contributed by atoms with Crippen LogP contribution >= 0.6 is 0 Å². The highest BCUT2D eigenvalue weighted by molar-refractivity contribution is 5.98. The number of hydrogen-bond acceptors (Lipinski definition) is 2. The maximum absolute atomic E-state index is 10.9. The van der Waals surface area contributed by atoms with Gasteiger partial charge in [0.15, 0.2) is 1.41 Å². The van der Waals surface area contributed by atoms with E-state index in [4.69, 9.17) is 7.15 Å². The number of nitrogens with two attached hydrogens (primary N) is 2. The number of benzene rings is 1. The smallest absolute Gasteiger partial charge is 0.248 e. The average molecular weight is 165 g/mol. The molecule has 62 valence electrons. The van der Waals surface area contributed by atoms with E-state index in [1.807, 2.05) is 0 Å². The van der Waals surface area contributed by atoms with Gasteiger partial charge in [0.1, 0.15) is 0 Å². The first-order valence-electron chi connectivity index (χ1n) is 3.77. The van der Waals surface area contributed by atoms with Crippen molar-refractivity contribution in [2.24, 2.45) is 11.5 Å². The lowest BCUT2D eigenvalue weighted by molar-refractivity contribution is 0.0999. The summed E-state index contributed by atoms with van der Waals surface area (Å²) in [6, 6.07) is 5.87. The van der Waals surface area contributed by atoms with Crippen molar-refractivity contribution in [1.29, 1.82) is 0 Å². The van der Waals surface area contributed by atoms with E-state index >= 15 is 0 Å². The Balaban J connectivity index is 3.05. The fourth-order valence-corrected chi connectivity index (χ4v) is 0.814. The van der Waals surface area contributed by atoms with E-state index in [2.05, 4.69) is 0 Å². The predicted molar refractivity (Wildman–Crippen MR) is 43.5 cm³/mol. The number of rotatable bonds is 2. The van der Waals surface area contributed by atoms with Gasteiger partial charge in [-0.05, 0) is 18.2 Å². The summed E-state index contributed by atoms with van der Waals surface area (Å²) in [6.07, 6.45) is 0. The van der Waals surface area contributed by atoms with Crippen LogP contribution in [0.3, 0.4) is 0 Å². The second-order valence-corrected chi connectivity index (χ2v) is 2.27. The fourth-order valence-electron chi connectivity index (χ4n) is 0.814. The number of hydrogen-bond donors (Lipinski definition) is 2. The molecule has 12 heavy (non-hydrogen) atoms. The van der Waals surface area contributed by atoms with Crippen LogP contribution in [-0.2, 0) is 0 Å². The molecule has 4 heteroatoms. The Morgan fingerprint density at radius 1 is 1.25 bits per heavy atom. The fraction of sp³-hybridized carbons (Fsp3) is 0. The van der Waals surface area contributed by atoms with E-state index in [9.17, 15) is 9.59 Å². The molecule has 0 aliphatic rings. The lowest BCUT2D eigenvalue weighted by atomic mass is 10.1. The van der Waals surface area contributed by atoms with Gasteiger partial charge in [-0.25, -0.2) is 0 Å². The van der Waals surface area contributed by atoms with Gasteiger partial charge in [-0.3, -0.25) is 9.59 Å². The Hall–Kier alpha value is -1.84. The Labute approximate surface area is 70.6 Å². The lowest BCUT2D eigenvalue weighted by Gasteiger charge is -1.97. The molecule has 1 rings (SSSR count). The predicted octanol–water partition coefficient (Wildman–Crippen LogP) is -0.116. The molecule has 0 heterocycles. The van der Waals surface area contributed by atoms with Crippen molar-refractivity contribution in [3.05, 3.63) is 35.4 Å². The molecule has 0 bridgehead atoms. The van der Waals surface area contributed by atoms with E-state index in [1.54, 1.807) is 5.73 Å². The van der Waals surface area contributed by atoms with Crippen LogP contribution in [0.2, 0.25) is 1.41 Å². The first-order valence-corrected chi connectivity index (χ1v) is 3.27. The molecular formula is C8H8N2O2. The van der Waals surface area contributed by atoms with Crippen LogP contribution in [-0.4, -0.2) is 11.8 Å². The molecule has 0 fully saturated rings. The topological polar surface area (TPSA) is 86.2 Å². The van der Waals surface area contributed by atoms with Gasteiger partial charge in [0.05, 0.1) is 0 Å². The quantitative estimate of drug-likeness (QED) is 0.640. The molecule has 4 nitrogen and oxygen atoms in total. The second kappa shape index (κ2) is 3.04. The average Bonchev–Trinajstić information content (AvgIpc) is 2.17. The maximum Gasteiger partial charge on any atom is 0.248 e. The SMILES string of the molecule is [2H]NC(=O)c1cccc(C(N)=O)c1. The van der Waals surface area contributed by atoms with Crippen molar-refractivity contribution in [2.45, 2.75) is 0 Å². The molecule has 0 spiro atoms. The third-order valence-corrected chi connectivity index (χ3v) is 1.41. The number of amides is 2. The Morgan fingerprint density at radius 3 is 2.33 bits per heavy atom. The first kappa shape index (κ1) is 6.84. The molecule has 0 radical (unpaired) electrons. The third-order valence-electron chi connectivity index (χ3n) is 1.41. The number of primary amides is 2. The van der Waals surface area contributed by atoms with Crippen molar-refractivity contribution in [3.8, 4) is 0 Å². The first-order chi connectivity index (χ1) is 6.15. The summed E-state index contributed by atoms with van der Waals surface area (Å²) in [6.45, 7) is 0. The molecule has 0 aliphatic heterocycles. The zero-order valence-electron chi connectivity index (χ0n) is 7.20. The van der Waals surface area contributed by atoms with Gasteiger partial charge >= 0.3 is 0 Å². The minimum Gasteiger partial charge on any atom is -0.366 e. The van der Waals surface area contributed by atoms with E-state index in [0.29, 0.717) is 0 Å². The van der Waals surface area contributed by atoms with Crippen LogP contribution in [0.25, 0.3) is 0 Å². The molecular weight excluding hydrogens is 156 g/mol. The van der Waals surface area contributed by atoms with Crippen LogP contribution < -0.4 is 11.5 Å². The monoisotopic (exact) mass is 165 g/mol. The molecule has 1 aromatic carbocycles. The molecule has 0 unspecified atom stereocenters. The van der Waals surface area contributed by atoms with Crippen molar-refractivity contribution >= 4 is 11.8 Å². The largest absolute Gasteiger partial charge is 0.366 e. The van der Waals surface area contributed by atoms with Gasteiger partial charge in [-0.15, -0.1) is 0 Å². The molecule has 0 saturated carbocycles. The summed E-state index contributed by atoms with van der Waals surface area (Å²) in [4.78, 5) is 21.6. The summed E-state index contributed by atoms with van der Waals surface area (Å²) in [5.41, 5.74) is 7.21. The van der Waals surface area contributed by atoms with Gasteiger partial charge in [0.2, 0.25) is 11.8 Å². The van der Waals surface area contributed by atoms with Gasteiger partial charge in [0, 0.05) is 11.1 Å². The summed E-state index contributed by atoms with van der Waals surface area (Å²) in [7, 11) is 0. The highest BCUT2D eigenvalue weighted by Crippen LogP contribution is 2.03. The normalized spacial score (nSPS) is 10.2. The van der Waals surface area contributed by atoms with Crippen LogP contribution in [0.15, 0.2) is 24.3 Å². The standard InChI is InChI=1S/C8H8N2O2/c9-7(11)5-2-1-3-6(4-5)8(10)12/h1-4H,(H2,9,11)(H2,10,12)/i/hD. The van der Waals surface area contributed by atoms with E-state index < -0.39 is 11.8 Å². The number of carbonyl (C=O) groups is 2. The second-order valence-electron chi connectivity index (χ2n) is 2.27. The lowest BCUT2D eigenvalue weighted by Crippen LogP contribution is -2.14. The molecule has 4 N–H and O–H groups in total. The minimum atomic E-state index is -0.598. The van der Waals surface area contributed by atoms with E-state index in [1.165, 1.54) is 24.3 Å². The molecule has 0 aromatic heterocycles. The Morgan fingerprint density at radius 2 is 1.83 bits per heavy atom. The van der Waals surface area contributed by atoms with Gasteiger partial charge < -0.3 is 11.5 Å². The van der Waals surface area contributed by atoms with Gasteiger partial charge in [0.25, 0.3) is 0 Å². The molecule has 0 atom stereocenters. The highest BCUT2D eigenvalue weighted by atomic mass is 16.1. The van der Waals surface area contributed by atoms with Crippen LogP contribution in [0.1, 0.15) is 20.7 Å². The molecule has 1 aromatic rings. The number of carbonyl (C=O) groups excluding carboxylic acids is 2. The molecule has 0 saturated heterocycles. The van der Waals surface area contributed by atoms with Crippen molar-refractivity contribution in [3.63, 3.8) is 0 Å². The zero-order valence-corrected chi connectivity index (χ0v) is 6.20.